The first kappa shape index (κ1) is 19.0. The molecular weight excluding hydrogens is 426 g/mol. The van der Waals surface area contributed by atoms with Crippen LogP contribution in [0, 0.1) is 0 Å². The molecule has 2 aromatic carbocycles. The molecule has 0 fully saturated rings. The molecule has 10 heteroatoms. The van der Waals surface area contributed by atoms with E-state index < -0.39 is 15.7 Å². The fraction of sp³-hybridized carbons (Fsp3) is 0.188. The Kier molecular flexibility index (Phi) is 5.21. The van der Waals surface area contributed by atoms with Crippen molar-refractivity contribution in [1.29, 1.82) is 0 Å². The smallest absolute Gasteiger partial charge is 0.389 e. The van der Waals surface area contributed by atoms with Crippen LogP contribution in [0.1, 0.15) is 0 Å². The summed E-state index contributed by atoms with van der Waals surface area (Å²) >= 11 is 23.9. The Bertz CT molecular complexity index is 826. The van der Waals surface area contributed by atoms with Gasteiger partial charge in [0.2, 0.25) is 0 Å². The second-order valence-electron chi connectivity index (χ2n) is 5.22. The molecule has 0 radical (unpaired) electrons. The molecule has 0 saturated carbocycles. The van der Waals surface area contributed by atoms with Crippen LogP contribution in [-0.2, 0) is 0 Å². The molecule has 138 valence electrons. The van der Waals surface area contributed by atoms with Gasteiger partial charge in [-0.15, -0.1) is 0 Å². The normalized spacial score (nSPS) is 18.3. The van der Waals surface area contributed by atoms with E-state index >= 15 is 0 Å². The number of anilines is 1. The molecule has 2 aromatic rings. The van der Waals surface area contributed by atoms with Gasteiger partial charge in [0.15, 0.2) is 11.5 Å². The second kappa shape index (κ2) is 7.12. The maximum atomic E-state index is 12.4. The molecule has 2 N–H and O–H groups in total. The van der Waals surface area contributed by atoms with Crippen molar-refractivity contribution in [3.05, 3.63) is 47.5 Å². The molecule has 6 nitrogen and oxygen atoms in total. The average Bonchev–Trinajstić information content (AvgIpc) is 2.93. The summed E-state index contributed by atoms with van der Waals surface area (Å²) in [7, 11) is 1.54. The number of fused-ring (bicyclic) bond motifs is 1. The molecule has 1 aliphatic rings. The van der Waals surface area contributed by atoms with Crippen LogP contribution >= 0.6 is 46.4 Å². The topological polar surface area (TPSA) is 68.8 Å². The molecule has 3 rings (SSSR count). The number of carbonyl (C=O) groups is 1. The average molecular weight is 438 g/mol. The molecule has 0 saturated heterocycles. The maximum Gasteiger partial charge on any atom is 0.389 e. The highest BCUT2D eigenvalue weighted by Gasteiger charge is 2.59. The second-order valence-corrected chi connectivity index (χ2v) is 7.93. The van der Waals surface area contributed by atoms with Gasteiger partial charge in [0.1, 0.15) is 5.75 Å². The van der Waals surface area contributed by atoms with Gasteiger partial charge in [0.25, 0.3) is 3.79 Å². The van der Waals surface area contributed by atoms with Gasteiger partial charge in [-0.1, -0.05) is 46.4 Å². The molecule has 0 aliphatic carbocycles. The molecule has 1 heterocycles. The van der Waals surface area contributed by atoms with Crippen LogP contribution in [0.5, 0.6) is 17.2 Å². The molecule has 1 aliphatic heterocycles. The minimum absolute atomic E-state index is 0.230. The van der Waals surface area contributed by atoms with E-state index in [2.05, 4.69) is 10.6 Å². The van der Waals surface area contributed by atoms with Crippen LogP contribution in [0.4, 0.5) is 10.5 Å². The fourth-order valence-electron chi connectivity index (χ4n) is 2.20. The number of amides is 2. The van der Waals surface area contributed by atoms with Crippen molar-refractivity contribution >= 4 is 58.1 Å². The quantitative estimate of drug-likeness (QED) is 0.665. The zero-order valence-electron chi connectivity index (χ0n) is 13.2. The number of urea groups is 1. The Balaban J connectivity index is 1.78. The summed E-state index contributed by atoms with van der Waals surface area (Å²) in [4.78, 5) is 12.4. The standard InChI is InChI=1S/C16H12Cl4N2O4/c1-24-11-5-3-10(4-6-11)21-14(23)22-16(15(18,19)20)25-12-7-2-9(17)8-13(12)26-16/h2-8H,1H3,(H2,21,22,23)/t16-/m1/s1. The predicted molar refractivity (Wildman–Crippen MR) is 101 cm³/mol. The van der Waals surface area contributed by atoms with Crippen LogP contribution in [0.25, 0.3) is 0 Å². The molecule has 0 bridgehead atoms. The van der Waals surface area contributed by atoms with Gasteiger partial charge in [0, 0.05) is 16.8 Å². The van der Waals surface area contributed by atoms with Crippen LogP contribution < -0.4 is 24.8 Å². The lowest BCUT2D eigenvalue weighted by Crippen LogP contribution is -2.64. The van der Waals surface area contributed by atoms with E-state index in [1.807, 2.05) is 0 Å². The first-order valence-corrected chi connectivity index (χ1v) is 8.71. The monoisotopic (exact) mass is 436 g/mol. The Labute approximate surface area is 169 Å². The van der Waals surface area contributed by atoms with E-state index in [9.17, 15) is 4.79 Å². The predicted octanol–water partition coefficient (Wildman–Crippen LogP) is 4.97. The van der Waals surface area contributed by atoms with E-state index in [0.29, 0.717) is 16.5 Å². The lowest BCUT2D eigenvalue weighted by Gasteiger charge is -2.33. The first-order chi connectivity index (χ1) is 12.2. The SMILES string of the molecule is COc1ccc(NC(=O)N[C@]2(C(Cl)(Cl)Cl)Oc3ccc(Cl)cc3O2)cc1. The molecule has 0 aromatic heterocycles. The summed E-state index contributed by atoms with van der Waals surface area (Å²) < 4.78 is 14.1. The summed E-state index contributed by atoms with van der Waals surface area (Å²) in [5.41, 5.74) is 0.487. The lowest BCUT2D eigenvalue weighted by atomic mass is 10.3. The zero-order chi connectivity index (χ0) is 18.9. The number of hydrogen-bond donors (Lipinski definition) is 2. The van der Waals surface area contributed by atoms with Crippen LogP contribution in [0.15, 0.2) is 42.5 Å². The molecule has 0 spiro atoms. The third-order valence-corrected chi connectivity index (χ3v) is 4.39. The Morgan fingerprint density at radius 1 is 1.08 bits per heavy atom. The van der Waals surface area contributed by atoms with Gasteiger partial charge in [-0.25, -0.2) is 4.79 Å². The number of ether oxygens (including phenoxy) is 3. The Morgan fingerprint density at radius 2 is 1.73 bits per heavy atom. The van der Waals surface area contributed by atoms with Gasteiger partial charge in [-0.3, -0.25) is 5.32 Å². The van der Waals surface area contributed by atoms with Gasteiger partial charge in [0.05, 0.1) is 7.11 Å². The van der Waals surface area contributed by atoms with E-state index in [-0.39, 0.29) is 11.5 Å². The van der Waals surface area contributed by atoms with Gasteiger partial charge < -0.3 is 19.5 Å². The molecule has 0 unspecified atom stereocenters. The van der Waals surface area contributed by atoms with Gasteiger partial charge in [-0.2, -0.15) is 0 Å². The number of benzene rings is 2. The van der Waals surface area contributed by atoms with E-state index in [1.54, 1.807) is 43.5 Å². The number of methoxy groups -OCH3 is 1. The minimum Gasteiger partial charge on any atom is -0.497 e. The number of carbonyl (C=O) groups excluding carboxylic acids is 1. The summed E-state index contributed by atoms with van der Waals surface area (Å²) in [6.07, 6.45) is 0. The van der Waals surface area contributed by atoms with Crippen LogP contribution in [0.2, 0.25) is 5.02 Å². The maximum absolute atomic E-state index is 12.4. The fourth-order valence-corrected chi connectivity index (χ4v) is 2.74. The van der Waals surface area contributed by atoms with Crippen LogP contribution in [0.3, 0.4) is 0 Å². The van der Waals surface area contributed by atoms with Gasteiger partial charge in [-0.05, 0) is 36.4 Å². The molecule has 2 amide bonds. The first-order valence-electron chi connectivity index (χ1n) is 7.20. The highest BCUT2D eigenvalue weighted by Crippen LogP contribution is 2.49. The van der Waals surface area contributed by atoms with Crippen molar-refractivity contribution in [2.45, 2.75) is 9.70 Å². The van der Waals surface area contributed by atoms with E-state index in [1.165, 1.54) is 6.07 Å². The highest BCUT2D eigenvalue weighted by molar-refractivity contribution is 6.68. The van der Waals surface area contributed by atoms with E-state index in [0.717, 1.165) is 0 Å². The van der Waals surface area contributed by atoms with Gasteiger partial charge >= 0.3 is 11.9 Å². The minimum atomic E-state index is -2.14. The van der Waals surface area contributed by atoms with Crippen molar-refractivity contribution in [2.24, 2.45) is 0 Å². The highest BCUT2D eigenvalue weighted by atomic mass is 35.6. The number of hydrogen-bond acceptors (Lipinski definition) is 4. The summed E-state index contributed by atoms with van der Waals surface area (Å²) in [5.74, 6) is -0.927. The zero-order valence-corrected chi connectivity index (χ0v) is 16.2. The Morgan fingerprint density at radius 3 is 2.35 bits per heavy atom. The van der Waals surface area contributed by atoms with Crippen molar-refractivity contribution in [2.75, 3.05) is 12.4 Å². The third kappa shape index (κ3) is 3.83. The molecular formula is C16H12Cl4N2O4. The number of halogens is 4. The lowest BCUT2D eigenvalue weighted by molar-refractivity contribution is -0.0922. The van der Waals surface area contributed by atoms with Crippen molar-refractivity contribution in [3.63, 3.8) is 0 Å². The summed E-state index contributed by atoms with van der Waals surface area (Å²) in [6, 6.07) is 10.5. The largest absolute Gasteiger partial charge is 0.497 e. The van der Waals surface area contributed by atoms with Crippen molar-refractivity contribution in [3.8, 4) is 17.2 Å². The summed E-state index contributed by atoms with van der Waals surface area (Å²) in [5, 5.41) is 5.40. The van der Waals surface area contributed by atoms with E-state index in [4.69, 9.17) is 60.6 Å². The number of nitrogens with one attached hydrogen (secondary N) is 2. The molecule has 26 heavy (non-hydrogen) atoms. The van der Waals surface area contributed by atoms with Crippen molar-refractivity contribution in [1.82, 2.24) is 5.32 Å². The number of rotatable bonds is 3. The van der Waals surface area contributed by atoms with Crippen LogP contribution in [-0.4, -0.2) is 22.8 Å². The molecule has 1 atom stereocenters. The third-order valence-electron chi connectivity index (χ3n) is 3.41. The Hall–Kier alpha value is -1.73. The number of alkyl halides is 3. The van der Waals surface area contributed by atoms with Crippen molar-refractivity contribution < 1.29 is 19.0 Å². The summed E-state index contributed by atoms with van der Waals surface area (Å²) in [6.45, 7) is 0.